The number of nitrogens with zero attached hydrogens (tertiary/aromatic N) is 3. The Balaban J connectivity index is 1.43. The van der Waals surface area contributed by atoms with Gasteiger partial charge >= 0.3 is 6.01 Å². The highest BCUT2D eigenvalue weighted by Crippen LogP contribution is 2.28. The lowest BCUT2D eigenvalue weighted by Crippen LogP contribution is -2.43. The highest BCUT2D eigenvalue weighted by molar-refractivity contribution is 7.98. The lowest BCUT2D eigenvalue weighted by molar-refractivity contribution is -0.119. The number of aromatic nitrogens is 2. The molecule has 4 rings (SSSR count). The van der Waals surface area contributed by atoms with Crippen LogP contribution < -0.4 is 10.1 Å². The fraction of sp³-hybridized carbons (Fsp3) is 0.318. The molecule has 1 N–H and O–H groups in total. The summed E-state index contributed by atoms with van der Waals surface area (Å²) in [7, 11) is -2.33. The first-order valence-corrected chi connectivity index (χ1v) is 13.0. The molecule has 1 saturated heterocycles. The number of benzene rings is 2. The van der Waals surface area contributed by atoms with Crippen molar-refractivity contribution in [1.29, 1.82) is 0 Å². The lowest BCUT2D eigenvalue weighted by Gasteiger charge is -2.22. The van der Waals surface area contributed by atoms with Crippen LogP contribution in [0.15, 0.2) is 62.7 Å². The van der Waals surface area contributed by atoms with E-state index in [2.05, 4.69) is 15.5 Å². The second-order valence-electron chi connectivity index (χ2n) is 7.46. The van der Waals surface area contributed by atoms with Gasteiger partial charge in [0.25, 0.3) is 0 Å². The van der Waals surface area contributed by atoms with E-state index < -0.39 is 22.0 Å². The van der Waals surface area contributed by atoms with Crippen LogP contribution in [0.4, 0.5) is 6.01 Å². The van der Waals surface area contributed by atoms with Crippen molar-refractivity contribution in [3.8, 4) is 5.75 Å². The SMILES string of the molecule is COc1ccc(S(=O)(=O)N2CCCC2C(=O)Nc2nnc(Cc3ccc(SC)cc3)o2)cc1. The summed E-state index contributed by atoms with van der Waals surface area (Å²) in [6, 6.07) is 13.2. The third-order valence-electron chi connectivity index (χ3n) is 5.38. The second kappa shape index (κ2) is 9.94. The van der Waals surface area contributed by atoms with Crippen molar-refractivity contribution in [1.82, 2.24) is 14.5 Å². The van der Waals surface area contributed by atoms with E-state index in [1.165, 1.54) is 23.5 Å². The van der Waals surface area contributed by atoms with Crippen molar-refractivity contribution >= 4 is 33.7 Å². The molecule has 0 spiro atoms. The van der Waals surface area contributed by atoms with Gasteiger partial charge < -0.3 is 9.15 Å². The van der Waals surface area contributed by atoms with E-state index >= 15 is 0 Å². The molecule has 1 atom stereocenters. The molecule has 3 aromatic rings. The first-order chi connectivity index (χ1) is 15.9. The average Bonchev–Trinajstić information content (AvgIpc) is 3.50. The van der Waals surface area contributed by atoms with E-state index in [0.717, 1.165) is 10.5 Å². The van der Waals surface area contributed by atoms with Gasteiger partial charge in [-0.15, -0.1) is 16.9 Å². The van der Waals surface area contributed by atoms with Crippen LogP contribution in [0, 0.1) is 0 Å². The zero-order valence-corrected chi connectivity index (χ0v) is 19.9. The van der Waals surface area contributed by atoms with E-state index in [9.17, 15) is 13.2 Å². The Morgan fingerprint density at radius 3 is 2.58 bits per heavy atom. The van der Waals surface area contributed by atoms with E-state index in [1.807, 2.05) is 30.5 Å². The highest BCUT2D eigenvalue weighted by Gasteiger charge is 2.39. The van der Waals surface area contributed by atoms with Crippen LogP contribution in [0.2, 0.25) is 0 Å². The Hall–Kier alpha value is -2.89. The molecule has 11 heteroatoms. The number of hydrogen-bond donors (Lipinski definition) is 1. The topological polar surface area (TPSA) is 115 Å². The zero-order chi connectivity index (χ0) is 23.4. The van der Waals surface area contributed by atoms with E-state index in [-0.39, 0.29) is 17.5 Å². The Kier molecular flexibility index (Phi) is 7.01. The fourth-order valence-corrected chi connectivity index (χ4v) is 5.72. The minimum Gasteiger partial charge on any atom is -0.497 e. The number of anilines is 1. The molecule has 2 heterocycles. The highest BCUT2D eigenvalue weighted by atomic mass is 32.2. The summed E-state index contributed by atoms with van der Waals surface area (Å²) in [5, 5.41) is 10.4. The Morgan fingerprint density at radius 2 is 1.91 bits per heavy atom. The quantitative estimate of drug-likeness (QED) is 0.481. The maximum atomic E-state index is 13.1. The maximum absolute atomic E-state index is 13.1. The molecular weight excluding hydrogens is 464 g/mol. The largest absolute Gasteiger partial charge is 0.497 e. The maximum Gasteiger partial charge on any atom is 0.322 e. The molecule has 0 saturated carbocycles. The predicted octanol–water partition coefficient (Wildman–Crippen LogP) is 3.18. The van der Waals surface area contributed by atoms with Crippen molar-refractivity contribution in [2.24, 2.45) is 0 Å². The van der Waals surface area contributed by atoms with Crippen LogP contribution in [0.25, 0.3) is 0 Å². The number of carbonyl (C=O) groups excluding carboxylic acids is 1. The van der Waals surface area contributed by atoms with E-state index in [1.54, 1.807) is 23.9 Å². The molecule has 1 unspecified atom stereocenters. The van der Waals surface area contributed by atoms with Gasteiger partial charge in [-0.1, -0.05) is 17.2 Å². The number of ether oxygens (including phenoxy) is 1. The number of hydrogen-bond acceptors (Lipinski definition) is 8. The lowest BCUT2D eigenvalue weighted by atomic mass is 10.1. The van der Waals surface area contributed by atoms with Crippen molar-refractivity contribution in [2.45, 2.75) is 35.1 Å². The summed E-state index contributed by atoms with van der Waals surface area (Å²) >= 11 is 1.66. The number of methoxy groups -OCH3 is 1. The summed E-state index contributed by atoms with van der Waals surface area (Å²) in [4.78, 5) is 14.1. The monoisotopic (exact) mass is 488 g/mol. The predicted molar refractivity (Wildman–Crippen MR) is 124 cm³/mol. The summed E-state index contributed by atoms with van der Waals surface area (Å²) < 4.78 is 38.1. The summed E-state index contributed by atoms with van der Waals surface area (Å²) in [6.07, 6.45) is 3.42. The van der Waals surface area contributed by atoms with Crippen molar-refractivity contribution in [2.75, 3.05) is 25.2 Å². The summed E-state index contributed by atoms with van der Waals surface area (Å²) in [5.41, 5.74) is 1.00. The Bertz CT molecular complexity index is 1210. The first-order valence-electron chi connectivity index (χ1n) is 10.3. The Labute approximate surface area is 196 Å². The van der Waals surface area contributed by atoms with Gasteiger partial charge in [-0.05, 0) is 61.1 Å². The molecule has 0 aliphatic carbocycles. The van der Waals surface area contributed by atoms with Crippen molar-refractivity contribution in [3.05, 3.63) is 60.0 Å². The molecule has 1 fully saturated rings. The molecule has 2 aromatic carbocycles. The third-order valence-corrected chi connectivity index (χ3v) is 8.05. The minimum absolute atomic E-state index is 0.0515. The standard InChI is InChI=1S/C22H24N4O5S2/c1-30-16-7-11-18(12-8-16)33(28,29)26-13-3-4-19(26)21(27)23-22-25-24-20(31-22)14-15-5-9-17(32-2)10-6-15/h5-12,19H,3-4,13-14H2,1-2H3,(H,23,25,27). The average molecular weight is 489 g/mol. The van der Waals surface area contributed by atoms with Gasteiger partial charge in [0.1, 0.15) is 11.8 Å². The summed E-state index contributed by atoms with van der Waals surface area (Å²) in [6.45, 7) is 0.258. The second-order valence-corrected chi connectivity index (χ2v) is 10.2. The molecular formula is C22H24N4O5S2. The number of nitrogens with one attached hydrogen (secondary N) is 1. The molecule has 0 bridgehead atoms. The molecule has 1 aliphatic heterocycles. The number of rotatable bonds is 8. The third kappa shape index (κ3) is 5.21. The van der Waals surface area contributed by atoms with Crippen molar-refractivity contribution < 1.29 is 22.4 Å². The molecule has 9 nitrogen and oxygen atoms in total. The minimum atomic E-state index is -3.84. The van der Waals surface area contributed by atoms with Crippen LogP contribution in [0.1, 0.15) is 24.3 Å². The number of thioether (sulfide) groups is 1. The van der Waals surface area contributed by atoms with E-state index in [4.69, 9.17) is 9.15 Å². The number of sulfonamides is 1. The van der Waals surface area contributed by atoms with Crippen molar-refractivity contribution in [3.63, 3.8) is 0 Å². The smallest absolute Gasteiger partial charge is 0.322 e. The van der Waals surface area contributed by atoms with Crippen LogP contribution in [0.5, 0.6) is 5.75 Å². The van der Waals surface area contributed by atoms with Gasteiger partial charge in [0.05, 0.1) is 18.4 Å². The van der Waals surface area contributed by atoms with Gasteiger partial charge in [-0.2, -0.15) is 4.31 Å². The van der Waals surface area contributed by atoms with Crippen LogP contribution >= 0.6 is 11.8 Å². The Morgan fingerprint density at radius 1 is 1.18 bits per heavy atom. The number of amides is 1. The van der Waals surface area contributed by atoms with Gasteiger partial charge in [0, 0.05) is 11.4 Å². The normalized spacial score (nSPS) is 16.6. The summed E-state index contributed by atoms with van der Waals surface area (Å²) in [5.74, 6) is 0.414. The van der Waals surface area contributed by atoms with E-state index in [0.29, 0.717) is 30.9 Å². The first kappa shape index (κ1) is 23.3. The molecule has 174 valence electrons. The molecule has 33 heavy (non-hydrogen) atoms. The molecule has 0 radical (unpaired) electrons. The van der Waals surface area contributed by atoms with Gasteiger partial charge in [0.15, 0.2) is 0 Å². The number of carbonyl (C=O) groups is 1. The van der Waals surface area contributed by atoms with Crippen LogP contribution in [0.3, 0.4) is 0 Å². The van der Waals surface area contributed by atoms with Gasteiger partial charge in [-0.3, -0.25) is 10.1 Å². The zero-order valence-electron chi connectivity index (χ0n) is 18.2. The molecule has 1 aromatic heterocycles. The fourth-order valence-electron chi connectivity index (χ4n) is 3.66. The van der Waals surface area contributed by atoms with Crippen LogP contribution in [-0.2, 0) is 21.2 Å². The molecule has 1 aliphatic rings. The van der Waals surface area contributed by atoms with Crippen LogP contribution in [-0.4, -0.2) is 54.8 Å². The van der Waals surface area contributed by atoms with Gasteiger partial charge in [0.2, 0.25) is 21.8 Å². The van der Waals surface area contributed by atoms with Gasteiger partial charge in [-0.25, -0.2) is 8.42 Å². The molecule has 1 amide bonds.